The van der Waals surface area contributed by atoms with Gasteiger partial charge in [0.1, 0.15) is 0 Å². The Morgan fingerprint density at radius 3 is 2.29 bits per heavy atom. The SMILES string of the molecule is CC(=O)Nc1cccc(NC(=O)Cc2cccc(C)c2)c1. The molecule has 0 saturated carbocycles. The fourth-order valence-corrected chi connectivity index (χ4v) is 2.09. The standard InChI is InChI=1S/C17H18N2O2/c1-12-5-3-6-14(9-12)10-17(21)19-16-8-4-7-15(11-16)18-13(2)20/h3-9,11H,10H2,1-2H3,(H,18,20)(H,19,21). The summed E-state index contributed by atoms with van der Waals surface area (Å²) in [6.45, 7) is 3.45. The van der Waals surface area contributed by atoms with E-state index in [-0.39, 0.29) is 11.8 Å². The molecule has 0 aromatic heterocycles. The van der Waals surface area contributed by atoms with Crippen LogP contribution in [-0.2, 0) is 16.0 Å². The van der Waals surface area contributed by atoms with Crippen LogP contribution in [0, 0.1) is 6.92 Å². The van der Waals surface area contributed by atoms with Crippen LogP contribution in [0.1, 0.15) is 18.1 Å². The van der Waals surface area contributed by atoms with Gasteiger partial charge in [-0.05, 0) is 30.7 Å². The van der Waals surface area contributed by atoms with Gasteiger partial charge >= 0.3 is 0 Å². The Balaban J connectivity index is 2.01. The molecule has 0 radical (unpaired) electrons. The summed E-state index contributed by atoms with van der Waals surface area (Å²) < 4.78 is 0. The number of carbonyl (C=O) groups excluding carboxylic acids is 2. The lowest BCUT2D eigenvalue weighted by Gasteiger charge is -2.08. The van der Waals surface area contributed by atoms with E-state index in [4.69, 9.17) is 0 Å². The molecule has 0 unspecified atom stereocenters. The molecule has 2 N–H and O–H groups in total. The van der Waals surface area contributed by atoms with Crippen molar-refractivity contribution < 1.29 is 9.59 Å². The Hall–Kier alpha value is -2.62. The van der Waals surface area contributed by atoms with Gasteiger partial charge in [0.05, 0.1) is 6.42 Å². The van der Waals surface area contributed by atoms with Crippen LogP contribution in [0.25, 0.3) is 0 Å². The highest BCUT2D eigenvalue weighted by Gasteiger charge is 2.05. The minimum absolute atomic E-state index is 0.0828. The first-order valence-electron chi connectivity index (χ1n) is 6.76. The Kier molecular flexibility index (Phi) is 4.72. The van der Waals surface area contributed by atoms with Crippen molar-refractivity contribution in [3.8, 4) is 0 Å². The highest BCUT2D eigenvalue weighted by atomic mass is 16.2. The lowest BCUT2D eigenvalue weighted by atomic mass is 10.1. The van der Waals surface area contributed by atoms with E-state index >= 15 is 0 Å². The highest BCUT2D eigenvalue weighted by Crippen LogP contribution is 2.15. The van der Waals surface area contributed by atoms with Crippen LogP contribution in [0.3, 0.4) is 0 Å². The van der Waals surface area contributed by atoms with Gasteiger partial charge in [0.15, 0.2) is 0 Å². The monoisotopic (exact) mass is 282 g/mol. The molecule has 0 aliphatic heterocycles. The van der Waals surface area contributed by atoms with Crippen LogP contribution in [-0.4, -0.2) is 11.8 Å². The van der Waals surface area contributed by atoms with Gasteiger partial charge in [0, 0.05) is 18.3 Å². The minimum atomic E-state index is -0.141. The van der Waals surface area contributed by atoms with E-state index in [0.29, 0.717) is 17.8 Å². The van der Waals surface area contributed by atoms with Crippen molar-refractivity contribution in [1.29, 1.82) is 0 Å². The van der Waals surface area contributed by atoms with Gasteiger partial charge < -0.3 is 10.6 Å². The normalized spacial score (nSPS) is 10.0. The molecule has 2 amide bonds. The highest BCUT2D eigenvalue weighted by molar-refractivity contribution is 5.94. The van der Waals surface area contributed by atoms with Crippen LogP contribution >= 0.6 is 0 Å². The largest absolute Gasteiger partial charge is 0.326 e. The van der Waals surface area contributed by atoms with Crippen molar-refractivity contribution >= 4 is 23.2 Å². The van der Waals surface area contributed by atoms with Crippen molar-refractivity contribution in [3.05, 3.63) is 59.7 Å². The third kappa shape index (κ3) is 4.76. The molecule has 2 aromatic carbocycles. The van der Waals surface area contributed by atoms with Gasteiger partial charge in [0.2, 0.25) is 11.8 Å². The van der Waals surface area contributed by atoms with Crippen LogP contribution < -0.4 is 10.6 Å². The quantitative estimate of drug-likeness (QED) is 0.905. The minimum Gasteiger partial charge on any atom is -0.326 e. The summed E-state index contributed by atoms with van der Waals surface area (Å²) in [5.74, 6) is -0.223. The molecule has 0 spiro atoms. The summed E-state index contributed by atoms with van der Waals surface area (Å²) in [6.07, 6.45) is 0.325. The van der Waals surface area contributed by atoms with Crippen LogP contribution in [0.15, 0.2) is 48.5 Å². The first-order valence-corrected chi connectivity index (χ1v) is 6.76. The predicted octanol–water partition coefficient (Wildman–Crippen LogP) is 3.13. The third-order valence-electron chi connectivity index (χ3n) is 2.91. The van der Waals surface area contributed by atoms with E-state index in [0.717, 1.165) is 11.1 Å². The van der Waals surface area contributed by atoms with Crippen molar-refractivity contribution in [3.63, 3.8) is 0 Å². The van der Waals surface area contributed by atoms with Gasteiger partial charge in [-0.15, -0.1) is 0 Å². The second-order valence-corrected chi connectivity index (χ2v) is 4.98. The molecule has 0 fully saturated rings. The Bertz CT molecular complexity index is 665. The molecule has 4 nitrogen and oxygen atoms in total. The number of carbonyl (C=O) groups is 2. The zero-order valence-electron chi connectivity index (χ0n) is 12.1. The third-order valence-corrected chi connectivity index (χ3v) is 2.91. The first-order chi connectivity index (χ1) is 10.0. The molecule has 4 heteroatoms. The molecule has 2 rings (SSSR count). The molecule has 0 aliphatic rings. The molecule has 2 aromatic rings. The molecule has 21 heavy (non-hydrogen) atoms. The second kappa shape index (κ2) is 6.70. The summed E-state index contributed by atoms with van der Waals surface area (Å²) in [5.41, 5.74) is 3.44. The Labute approximate surface area is 124 Å². The number of aryl methyl sites for hydroxylation is 1. The molecular formula is C17H18N2O2. The van der Waals surface area contributed by atoms with E-state index in [1.54, 1.807) is 24.3 Å². The number of benzene rings is 2. The molecule has 0 aliphatic carbocycles. The number of nitrogens with one attached hydrogen (secondary N) is 2. The molecule has 0 saturated heterocycles. The van der Waals surface area contributed by atoms with Gasteiger partial charge in [0.25, 0.3) is 0 Å². The Morgan fingerprint density at radius 1 is 0.952 bits per heavy atom. The summed E-state index contributed by atoms with van der Waals surface area (Å²) in [7, 11) is 0. The summed E-state index contributed by atoms with van der Waals surface area (Å²) in [6, 6.07) is 14.9. The zero-order valence-corrected chi connectivity index (χ0v) is 12.1. The smallest absolute Gasteiger partial charge is 0.228 e. The van der Waals surface area contributed by atoms with Gasteiger partial charge in [-0.3, -0.25) is 9.59 Å². The lowest BCUT2D eigenvalue weighted by molar-refractivity contribution is -0.115. The van der Waals surface area contributed by atoms with Gasteiger partial charge in [-0.1, -0.05) is 35.9 Å². The number of hydrogen-bond acceptors (Lipinski definition) is 2. The van der Waals surface area contributed by atoms with Crippen LogP contribution in [0.2, 0.25) is 0 Å². The van der Waals surface area contributed by atoms with Crippen molar-refractivity contribution in [2.45, 2.75) is 20.3 Å². The summed E-state index contributed by atoms with van der Waals surface area (Å²) in [4.78, 5) is 23.0. The summed E-state index contributed by atoms with van der Waals surface area (Å²) in [5, 5.41) is 5.52. The van der Waals surface area contributed by atoms with E-state index < -0.39 is 0 Å². The first kappa shape index (κ1) is 14.8. The van der Waals surface area contributed by atoms with Gasteiger partial charge in [-0.2, -0.15) is 0 Å². The molecule has 108 valence electrons. The van der Waals surface area contributed by atoms with Crippen LogP contribution in [0.4, 0.5) is 11.4 Å². The average Bonchev–Trinajstić information content (AvgIpc) is 2.37. The zero-order chi connectivity index (χ0) is 15.2. The number of anilines is 2. The van der Waals surface area contributed by atoms with Gasteiger partial charge in [-0.25, -0.2) is 0 Å². The molecule has 0 heterocycles. The number of hydrogen-bond donors (Lipinski definition) is 2. The second-order valence-electron chi connectivity index (χ2n) is 4.98. The maximum Gasteiger partial charge on any atom is 0.228 e. The fraction of sp³-hybridized carbons (Fsp3) is 0.176. The topological polar surface area (TPSA) is 58.2 Å². The molecular weight excluding hydrogens is 264 g/mol. The van der Waals surface area contributed by atoms with E-state index in [2.05, 4.69) is 10.6 Å². The fourth-order valence-electron chi connectivity index (χ4n) is 2.09. The van der Waals surface area contributed by atoms with Crippen molar-refractivity contribution in [2.24, 2.45) is 0 Å². The number of amides is 2. The maximum atomic E-state index is 12.0. The average molecular weight is 282 g/mol. The lowest BCUT2D eigenvalue weighted by Crippen LogP contribution is -2.14. The molecule has 0 bridgehead atoms. The maximum absolute atomic E-state index is 12.0. The van der Waals surface area contributed by atoms with E-state index in [9.17, 15) is 9.59 Å². The van der Waals surface area contributed by atoms with E-state index in [1.165, 1.54) is 6.92 Å². The summed E-state index contributed by atoms with van der Waals surface area (Å²) >= 11 is 0. The number of rotatable bonds is 4. The van der Waals surface area contributed by atoms with Crippen molar-refractivity contribution in [1.82, 2.24) is 0 Å². The van der Waals surface area contributed by atoms with Crippen molar-refractivity contribution in [2.75, 3.05) is 10.6 Å². The van der Waals surface area contributed by atoms with E-state index in [1.807, 2.05) is 31.2 Å². The molecule has 0 atom stereocenters. The predicted molar refractivity (Wildman–Crippen MR) is 84.3 cm³/mol. The van der Waals surface area contributed by atoms with Crippen LogP contribution in [0.5, 0.6) is 0 Å². The Morgan fingerprint density at radius 2 is 1.62 bits per heavy atom.